The van der Waals surface area contributed by atoms with Gasteiger partial charge in [0.05, 0.1) is 18.1 Å². The van der Waals surface area contributed by atoms with Crippen LogP contribution in [-0.4, -0.2) is 52.0 Å². The first-order valence-corrected chi connectivity index (χ1v) is 10.8. The molecule has 2 saturated heterocycles. The molecule has 3 rings (SSSR count). The molecule has 0 aromatic carbocycles. The Morgan fingerprint density at radius 1 is 1.31 bits per heavy atom. The number of rotatable bonds is 4. The molecule has 7 nitrogen and oxygen atoms in total. The van der Waals surface area contributed by atoms with E-state index in [4.69, 9.17) is 17.0 Å². The third-order valence-electron chi connectivity index (χ3n) is 5.09. The van der Waals surface area contributed by atoms with Crippen LogP contribution in [0.1, 0.15) is 37.5 Å². The van der Waals surface area contributed by atoms with Gasteiger partial charge in [-0.25, -0.2) is 0 Å². The molecule has 2 aliphatic heterocycles. The number of nitriles is 1. The maximum Gasteiger partial charge on any atom is 0.270 e. The fraction of sp³-hybridized carbons (Fsp3) is 0.500. The molecule has 0 bridgehead atoms. The minimum atomic E-state index is -0.305. The van der Waals surface area contributed by atoms with Gasteiger partial charge in [0.15, 0.2) is 0 Å². The van der Waals surface area contributed by atoms with Crippen LogP contribution in [0.15, 0.2) is 9.70 Å². The number of amides is 1. The van der Waals surface area contributed by atoms with Gasteiger partial charge in [-0.1, -0.05) is 24.0 Å². The van der Waals surface area contributed by atoms with Crippen molar-refractivity contribution in [3.63, 3.8) is 0 Å². The summed E-state index contributed by atoms with van der Waals surface area (Å²) in [7, 11) is 0. The molecule has 0 unspecified atom stereocenters. The summed E-state index contributed by atoms with van der Waals surface area (Å²) in [6.45, 7) is 10.3. The van der Waals surface area contributed by atoms with Gasteiger partial charge >= 0.3 is 0 Å². The van der Waals surface area contributed by atoms with Crippen LogP contribution in [0.4, 0.5) is 5.82 Å². The second kappa shape index (κ2) is 8.69. The Kier molecular flexibility index (Phi) is 6.46. The van der Waals surface area contributed by atoms with Gasteiger partial charge in [0.25, 0.3) is 11.5 Å². The van der Waals surface area contributed by atoms with Crippen LogP contribution in [-0.2, 0) is 16.1 Å². The first kappa shape index (κ1) is 21.6. The third kappa shape index (κ3) is 3.84. The molecule has 29 heavy (non-hydrogen) atoms. The van der Waals surface area contributed by atoms with Crippen LogP contribution >= 0.6 is 24.0 Å². The highest BCUT2D eigenvalue weighted by atomic mass is 32.2. The highest BCUT2D eigenvalue weighted by Crippen LogP contribution is 2.36. The van der Waals surface area contributed by atoms with Gasteiger partial charge in [0.2, 0.25) is 0 Å². The number of nitrogens with zero attached hydrogens (tertiary/aromatic N) is 4. The van der Waals surface area contributed by atoms with Crippen LogP contribution < -0.4 is 10.5 Å². The van der Waals surface area contributed by atoms with Crippen LogP contribution in [0.2, 0.25) is 0 Å². The van der Waals surface area contributed by atoms with E-state index in [2.05, 4.69) is 4.90 Å². The van der Waals surface area contributed by atoms with Gasteiger partial charge in [-0.3, -0.25) is 19.1 Å². The highest BCUT2D eigenvalue weighted by Gasteiger charge is 2.34. The second-order valence-corrected chi connectivity index (χ2v) is 8.82. The lowest BCUT2D eigenvalue weighted by Crippen LogP contribution is -2.41. The summed E-state index contributed by atoms with van der Waals surface area (Å²) >= 11 is 6.64. The minimum absolute atomic E-state index is 0.0347. The van der Waals surface area contributed by atoms with Crippen LogP contribution in [0.3, 0.4) is 0 Å². The molecule has 0 saturated carbocycles. The Bertz CT molecular complexity index is 985. The molecule has 2 fully saturated rings. The lowest BCUT2D eigenvalue weighted by Gasteiger charge is -2.33. The fourth-order valence-electron chi connectivity index (χ4n) is 3.61. The molecule has 3 heterocycles. The van der Waals surface area contributed by atoms with Gasteiger partial charge in [0, 0.05) is 31.2 Å². The molecule has 1 amide bonds. The number of hydrogen-bond acceptors (Lipinski definition) is 7. The zero-order valence-electron chi connectivity index (χ0n) is 17.0. The smallest absolute Gasteiger partial charge is 0.270 e. The van der Waals surface area contributed by atoms with E-state index in [1.54, 1.807) is 22.5 Å². The summed E-state index contributed by atoms with van der Waals surface area (Å²) < 4.78 is 7.60. The minimum Gasteiger partial charge on any atom is -0.378 e. The average Bonchev–Trinajstić information content (AvgIpc) is 2.98. The van der Waals surface area contributed by atoms with Gasteiger partial charge in [0.1, 0.15) is 21.8 Å². The maximum absolute atomic E-state index is 12.9. The number of morpholine rings is 1. The molecule has 1 aromatic heterocycles. The number of anilines is 1. The van der Waals surface area contributed by atoms with Gasteiger partial charge in [-0.15, -0.1) is 0 Å². The third-order valence-corrected chi connectivity index (χ3v) is 6.42. The Hall–Kier alpha value is -2.15. The molecular formula is C20H24N4O3S2. The summed E-state index contributed by atoms with van der Waals surface area (Å²) in [6, 6.07) is 2.01. The number of carbonyl (C=O) groups excluding carboxylic acids is 1. The number of thioether (sulfide) groups is 1. The number of aromatic nitrogens is 1. The number of pyridine rings is 1. The molecule has 0 aliphatic carbocycles. The monoisotopic (exact) mass is 432 g/mol. The van der Waals surface area contributed by atoms with Gasteiger partial charge < -0.3 is 9.64 Å². The number of thiocarbonyl (C=S) groups is 1. The summed E-state index contributed by atoms with van der Waals surface area (Å²) in [4.78, 5) is 30.0. The van der Waals surface area contributed by atoms with E-state index in [0.717, 1.165) is 5.82 Å². The van der Waals surface area contributed by atoms with Crippen molar-refractivity contribution >= 4 is 46.1 Å². The summed E-state index contributed by atoms with van der Waals surface area (Å²) in [5, 5.41) is 9.60. The lowest BCUT2D eigenvalue weighted by molar-refractivity contribution is -0.123. The lowest BCUT2D eigenvalue weighted by atomic mass is 10.0. The second-order valence-electron chi connectivity index (χ2n) is 7.14. The molecule has 0 radical (unpaired) electrons. The Labute approximate surface area is 179 Å². The van der Waals surface area contributed by atoms with Crippen molar-refractivity contribution in [1.82, 2.24) is 9.47 Å². The first-order chi connectivity index (χ1) is 13.8. The van der Waals surface area contributed by atoms with E-state index >= 15 is 0 Å². The van der Waals surface area contributed by atoms with Crippen molar-refractivity contribution in [2.75, 3.05) is 31.2 Å². The highest BCUT2D eigenvalue weighted by molar-refractivity contribution is 8.26. The predicted molar refractivity (Wildman–Crippen MR) is 119 cm³/mol. The fourth-order valence-corrected chi connectivity index (χ4v) is 5.12. The number of ether oxygens (including phenoxy) is 1. The number of hydrogen-bond donors (Lipinski definition) is 0. The molecule has 2 aliphatic rings. The summed E-state index contributed by atoms with van der Waals surface area (Å²) in [6.07, 6.45) is 1.79. The largest absolute Gasteiger partial charge is 0.378 e. The molecule has 0 atom stereocenters. The van der Waals surface area contributed by atoms with Crippen LogP contribution in [0.25, 0.3) is 6.08 Å². The quantitative estimate of drug-likeness (QED) is 0.534. The molecule has 0 N–H and O–H groups in total. The Morgan fingerprint density at radius 3 is 2.48 bits per heavy atom. The van der Waals surface area contributed by atoms with Gasteiger partial charge in [-0.05, 0) is 39.3 Å². The topological polar surface area (TPSA) is 78.6 Å². The zero-order chi connectivity index (χ0) is 21.3. The van der Waals surface area contributed by atoms with E-state index in [1.807, 2.05) is 26.8 Å². The van der Waals surface area contributed by atoms with Crippen molar-refractivity contribution in [1.29, 1.82) is 5.26 Å². The van der Waals surface area contributed by atoms with E-state index in [0.29, 0.717) is 53.2 Å². The standard InChI is InChI=1S/C20H24N4O3S2/c1-5-23-17(22-6-8-27-9-7-22)14(13(4)15(11-21)18(23)25)10-16-19(26)24(12(2)3)20(28)29-16/h10,12H,5-9H2,1-4H3/b16-10-. The van der Waals surface area contributed by atoms with E-state index < -0.39 is 0 Å². The Balaban J connectivity index is 2.25. The maximum atomic E-state index is 12.9. The SMILES string of the molecule is CCn1c(N2CCOCC2)c(/C=C2\SC(=S)N(C(C)C)C2=O)c(C)c(C#N)c1=O. The number of carbonyl (C=O) groups is 1. The molecule has 1 aromatic rings. The molecule has 9 heteroatoms. The summed E-state index contributed by atoms with van der Waals surface area (Å²) in [5.74, 6) is 0.585. The normalized spacial score (nSPS) is 18.8. The molecule has 0 spiro atoms. The zero-order valence-corrected chi connectivity index (χ0v) is 18.7. The first-order valence-electron chi connectivity index (χ1n) is 9.59. The van der Waals surface area contributed by atoms with Crippen LogP contribution in [0, 0.1) is 18.3 Å². The van der Waals surface area contributed by atoms with Crippen molar-refractivity contribution in [2.45, 2.75) is 40.3 Å². The average molecular weight is 433 g/mol. The van der Waals surface area contributed by atoms with Crippen molar-refractivity contribution in [2.24, 2.45) is 0 Å². The molecular weight excluding hydrogens is 408 g/mol. The van der Waals surface area contributed by atoms with Crippen molar-refractivity contribution in [3.05, 3.63) is 31.9 Å². The van der Waals surface area contributed by atoms with Gasteiger partial charge in [-0.2, -0.15) is 5.26 Å². The van der Waals surface area contributed by atoms with E-state index in [1.165, 1.54) is 11.8 Å². The van der Waals surface area contributed by atoms with Crippen LogP contribution in [0.5, 0.6) is 0 Å². The van der Waals surface area contributed by atoms with E-state index in [-0.39, 0.29) is 23.1 Å². The summed E-state index contributed by atoms with van der Waals surface area (Å²) in [5.41, 5.74) is 1.10. The van der Waals surface area contributed by atoms with Crippen molar-refractivity contribution < 1.29 is 9.53 Å². The molecule has 154 valence electrons. The Morgan fingerprint density at radius 2 is 1.97 bits per heavy atom. The van der Waals surface area contributed by atoms with Crippen molar-refractivity contribution in [3.8, 4) is 6.07 Å². The van der Waals surface area contributed by atoms with E-state index in [9.17, 15) is 14.9 Å². The predicted octanol–water partition coefficient (Wildman–Crippen LogP) is 2.49.